The van der Waals surface area contributed by atoms with Crippen molar-refractivity contribution in [2.45, 2.75) is 40.0 Å². The molecule has 1 amide bonds. The van der Waals surface area contributed by atoms with Crippen LogP contribution in [0.2, 0.25) is 0 Å². The van der Waals surface area contributed by atoms with E-state index in [0.29, 0.717) is 24.6 Å². The van der Waals surface area contributed by atoms with Gasteiger partial charge < -0.3 is 19.5 Å². The Hall–Kier alpha value is -4.07. The molecule has 34 heavy (non-hydrogen) atoms. The smallest absolute Gasteiger partial charge is 0.361 e. The van der Waals surface area contributed by atoms with Crippen LogP contribution in [0, 0.1) is 0 Å². The molecular formula is C26H29N3O5. The lowest BCUT2D eigenvalue weighted by molar-refractivity contribution is -0.111. The molecule has 0 radical (unpaired) electrons. The fraction of sp³-hybridized carbons (Fsp3) is 0.269. The highest BCUT2D eigenvalue weighted by atomic mass is 16.5. The Morgan fingerprint density at radius 2 is 1.91 bits per heavy atom. The number of amides is 1. The molecule has 178 valence electrons. The van der Waals surface area contributed by atoms with Crippen LogP contribution in [0.4, 0.5) is 5.69 Å². The third kappa shape index (κ3) is 6.71. The number of para-hydroxylation sites is 1. The van der Waals surface area contributed by atoms with E-state index in [-0.39, 0.29) is 11.8 Å². The van der Waals surface area contributed by atoms with E-state index in [4.69, 9.17) is 14.2 Å². The number of rotatable bonds is 10. The summed E-state index contributed by atoms with van der Waals surface area (Å²) in [6, 6.07) is 15.1. The fourth-order valence-corrected chi connectivity index (χ4v) is 3.13. The van der Waals surface area contributed by atoms with E-state index in [1.165, 1.54) is 6.08 Å². The molecule has 0 aliphatic heterocycles. The highest BCUT2D eigenvalue weighted by Gasteiger charge is 2.20. The first-order chi connectivity index (χ1) is 16.4. The van der Waals surface area contributed by atoms with Crippen molar-refractivity contribution in [3.63, 3.8) is 0 Å². The van der Waals surface area contributed by atoms with Gasteiger partial charge in [0.1, 0.15) is 18.1 Å². The zero-order valence-corrected chi connectivity index (χ0v) is 19.8. The highest BCUT2D eigenvalue weighted by Crippen LogP contribution is 2.23. The molecule has 0 aliphatic rings. The van der Waals surface area contributed by atoms with Gasteiger partial charge >= 0.3 is 5.97 Å². The normalized spacial score (nSPS) is 11.0. The number of nitrogens with zero attached hydrogens (tertiary/aromatic N) is 2. The summed E-state index contributed by atoms with van der Waals surface area (Å²) in [7, 11) is 1.60. The summed E-state index contributed by atoms with van der Waals surface area (Å²) in [6.07, 6.45) is 4.38. The lowest BCUT2D eigenvalue weighted by atomic mass is 10.1. The number of benzene rings is 2. The first-order valence-corrected chi connectivity index (χ1v) is 11.0. The van der Waals surface area contributed by atoms with Crippen molar-refractivity contribution in [3.05, 3.63) is 77.6 Å². The van der Waals surface area contributed by atoms with Crippen LogP contribution in [0.5, 0.6) is 11.5 Å². The van der Waals surface area contributed by atoms with E-state index in [1.807, 2.05) is 55.5 Å². The molecule has 8 heteroatoms. The number of aromatic nitrogens is 2. The zero-order valence-electron chi connectivity index (χ0n) is 19.8. The van der Waals surface area contributed by atoms with E-state index >= 15 is 0 Å². The van der Waals surface area contributed by atoms with Crippen molar-refractivity contribution in [1.82, 2.24) is 9.78 Å². The zero-order chi connectivity index (χ0) is 24.5. The topological polar surface area (TPSA) is 91.7 Å². The molecule has 1 aromatic heterocycles. The molecule has 0 spiro atoms. The molecule has 1 N–H and O–H groups in total. The number of hydrogen-bond acceptors (Lipinski definition) is 6. The maximum atomic E-state index is 12.6. The molecule has 0 bridgehead atoms. The first kappa shape index (κ1) is 24.6. The summed E-state index contributed by atoms with van der Waals surface area (Å²) in [5.41, 5.74) is 2.01. The van der Waals surface area contributed by atoms with Crippen molar-refractivity contribution in [3.8, 4) is 11.5 Å². The molecule has 0 atom stereocenters. The fourth-order valence-electron chi connectivity index (χ4n) is 3.13. The maximum Gasteiger partial charge on any atom is 0.361 e. The van der Waals surface area contributed by atoms with Gasteiger partial charge in [0.25, 0.3) is 0 Å². The molecule has 3 rings (SSSR count). The van der Waals surface area contributed by atoms with Gasteiger partial charge in [0.05, 0.1) is 18.9 Å². The van der Waals surface area contributed by atoms with Crippen LogP contribution >= 0.6 is 0 Å². The number of nitrogens with one attached hydrogen (secondary N) is 1. The Balaban J connectivity index is 1.71. The predicted octanol–water partition coefficient (Wildman–Crippen LogP) is 4.71. The van der Waals surface area contributed by atoms with Gasteiger partial charge in [-0.25, -0.2) is 4.79 Å². The van der Waals surface area contributed by atoms with Crippen molar-refractivity contribution in [1.29, 1.82) is 0 Å². The van der Waals surface area contributed by atoms with Crippen LogP contribution in [0.25, 0.3) is 6.08 Å². The van der Waals surface area contributed by atoms with Crippen molar-refractivity contribution in [2.75, 3.05) is 12.4 Å². The molecule has 1 heterocycles. The second-order valence-electron chi connectivity index (χ2n) is 7.70. The van der Waals surface area contributed by atoms with Gasteiger partial charge in [0.15, 0.2) is 5.69 Å². The maximum absolute atomic E-state index is 12.6. The van der Waals surface area contributed by atoms with Crippen molar-refractivity contribution in [2.24, 2.45) is 0 Å². The highest BCUT2D eigenvalue weighted by molar-refractivity contribution is 6.05. The Bertz CT molecular complexity index is 1150. The average molecular weight is 464 g/mol. The number of methoxy groups -OCH3 is 1. The lowest BCUT2D eigenvalue weighted by Crippen LogP contribution is -2.16. The number of anilines is 1. The Kier molecular flexibility index (Phi) is 8.45. The molecule has 0 aliphatic carbocycles. The molecule has 0 saturated carbocycles. The summed E-state index contributed by atoms with van der Waals surface area (Å²) in [6.45, 7) is 6.26. The molecule has 2 aromatic carbocycles. The SMILES string of the molecule is CCn1cc(NC(=O)/C=C/c2ccc(OC)c(COc3ccccc3)c2)c(C(=O)OC(C)C)n1. The minimum absolute atomic E-state index is 0.0714. The summed E-state index contributed by atoms with van der Waals surface area (Å²) in [5.74, 6) is 0.467. The number of ether oxygens (including phenoxy) is 3. The quantitative estimate of drug-likeness (QED) is 0.346. The van der Waals surface area contributed by atoms with E-state index < -0.39 is 11.9 Å². The number of hydrogen-bond donors (Lipinski definition) is 1. The second kappa shape index (κ2) is 11.7. The molecule has 3 aromatic rings. The molecular weight excluding hydrogens is 434 g/mol. The monoisotopic (exact) mass is 463 g/mol. The van der Waals surface area contributed by atoms with Crippen LogP contribution in [-0.4, -0.2) is 34.9 Å². The number of carbonyl (C=O) groups is 2. The largest absolute Gasteiger partial charge is 0.496 e. The van der Waals surface area contributed by atoms with Gasteiger partial charge in [-0.1, -0.05) is 24.3 Å². The molecule has 0 unspecified atom stereocenters. The summed E-state index contributed by atoms with van der Waals surface area (Å²) in [5, 5.41) is 6.92. The summed E-state index contributed by atoms with van der Waals surface area (Å²) in [4.78, 5) is 24.9. The second-order valence-corrected chi connectivity index (χ2v) is 7.70. The van der Waals surface area contributed by atoms with Crippen molar-refractivity contribution < 1.29 is 23.8 Å². The Morgan fingerprint density at radius 1 is 1.15 bits per heavy atom. The van der Waals surface area contributed by atoms with E-state index in [1.54, 1.807) is 37.9 Å². The third-order valence-corrected chi connectivity index (χ3v) is 4.75. The van der Waals surface area contributed by atoms with Crippen LogP contribution in [0.15, 0.2) is 60.8 Å². The van der Waals surface area contributed by atoms with E-state index in [9.17, 15) is 9.59 Å². The van der Waals surface area contributed by atoms with Crippen LogP contribution in [-0.2, 0) is 22.7 Å². The van der Waals surface area contributed by atoms with Crippen molar-refractivity contribution >= 4 is 23.6 Å². The summed E-state index contributed by atoms with van der Waals surface area (Å²) >= 11 is 0. The van der Waals surface area contributed by atoms with E-state index in [0.717, 1.165) is 16.9 Å². The number of carbonyl (C=O) groups excluding carboxylic acids is 2. The standard InChI is InChI=1S/C26H29N3O5/c1-5-29-16-22(25(28-29)26(31)34-18(2)3)27-24(30)14-12-19-11-13-23(32-4)20(15-19)17-33-21-9-7-6-8-10-21/h6-16,18H,5,17H2,1-4H3,(H,27,30)/b14-12+. The van der Waals surface area contributed by atoms with Gasteiger partial charge in [-0.2, -0.15) is 5.10 Å². The molecule has 8 nitrogen and oxygen atoms in total. The molecule has 0 fully saturated rings. The molecule has 0 saturated heterocycles. The van der Waals surface area contributed by atoms with Gasteiger partial charge in [-0.15, -0.1) is 0 Å². The first-order valence-electron chi connectivity index (χ1n) is 11.0. The van der Waals surface area contributed by atoms with Gasteiger partial charge in [-0.05, 0) is 56.7 Å². The van der Waals surface area contributed by atoms with Crippen LogP contribution in [0.1, 0.15) is 42.4 Å². The minimum atomic E-state index is -0.584. The van der Waals surface area contributed by atoms with E-state index in [2.05, 4.69) is 10.4 Å². The Labute approximate surface area is 199 Å². The summed E-state index contributed by atoms with van der Waals surface area (Å²) < 4.78 is 18.1. The van der Waals surface area contributed by atoms with Gasteiger partial charge in [0.2, 0.25) is 5.91 Å². The van der Waals surface area contributed by atoms with Gasteiger partial charge in [0, 0.05) is 24.4 Å². The third-order valence-electron chi connectivity index (χ3n) is 4.75. The lowest BCUT2D eigenvalue weighted by Gasteiger charge is -2.11. The van der Waals surface area contributed by atoms with Crippen LogP contribution in [0.3, 0.4) is 0 Å². The van der Waals surface area contributed by atoms with Gasteiger partial charge in [-0.3, -0.25) is 9.48 Å². The minimum Gasteiger partial charge on any atom is -0.496 e. The number of esters is 1. The Morgan fingerprint density at radius 3 is 2.59 bits per heavy atom. The van der Waals surface area contributed by atoms with Crippen LogP contribution < -0.4 is 14.8 Å². The average Bonchev–Trinajstić information content (AvgIpc) is 3.24. The number of aryl methyl sites for hydroxylation is 1. The predicted molar refractivity (Wildman–Crippen MR) is 130 cm³/mol.